The molecule has 2 aliphatic rings. The second-order valence-electron chi connectivity index (χ2n) is 5.83. The van der Waals surface area contributed by atoms with Crippen LogP contribution in [0.15, 0.2) is 30.3 Å². The molecule has 5 nitrogen and oxygen atoms in total. The van der Waals surface area contributed by atoms with E-state index in [-0.39, 0.29) is 12.0 Å². The summed E-state index contributed by atoms with van der Waals surface area (Å²) in [5, 5.41) is 0. The van der Waals surface area contributed by atoms with Gasteiger partial charge >= 0.3 is 0 Å². The smallest absolute Gasteiger partial charge is 0.251 e. The fourth-order valence-electron chi connectivity index (χ4n) is 2.98. The van der Waals surface area contributed by atoms with Gasteiger partial charge in [0.25, 0.3) is 5.91 Å². The first kappa shape index (κ1) is 15.3. The highest BCUT2D eigenvalue weighted by molar-refractivity contribution is 5.81. The van der Waals surface area contributed by atoms with Crippen LogP contribution in [0.25, 0.3) is 0 Å². The van der Waals surface area contributed by atoms with Gasteiger partial charge in [0.1, 0.15) is 18.5 Å². The second-order valence-corrected chi connectivity index (χ2v) is 5.83. The van der Waals surface area contributed by atoms with Gasteiger partial charge in [-0.05, 0) is 25.0 Å². The Hall–Kier alpha value is -1.59. The Labute approximate surface area is 131 Å². The fourth-order valence-corrected chi connectivity index (χ4v) is 2.98. The molecule has 1 unspecified atom stereocenters. The summed E-state index contributed by atoms with van der Waals surface area (Å²) in [5.41, 5.74) is 0. The van der Waals surface area contributed by atoms with Gasteiger partial charge in [-0.2, -0.15) is 0 Å². The quantitative estimate of drug-likeness (QED) is 0.824. The summed E-state index contributed by atoms with van der Waals surface area (Å²) in [6.07, 6.45) is 1.70. The van der Waals surface area contributed by atoms with Crippen LogP contribution in [0.2, 0.25) is 0 Å². The summed E-state index contributed by atoms with van der Waals surface area (Å²) in [6, 6.07) is 9.88. The maximum Gasteiger partial charge on any atom is 0.251 e. The van der Waals surface area contributed by atoms with Crippen LogP contribution in [0.5, 0.6) is 5.75 Å². The molecule has 2 aliphatic heterocycles. The first-order valence-corrected chi connectivity index (χ1v) is 8.13. The van der Waals surface area contributed by atoms with E-state index in [1.54, 1.807) is 0 Å². The number of carbonyl (C=O) groups is 1. The third-order valence-electron chi connectivity index (χ3n) is 4.31. The molecule has 2 fully saturated rings. The Morgan fingerprint density at radius 2 is 1.95 bits per heavy atom. The number of benzene rings is 1. The molecule has 1 amide bonds. The van der Waals surface area contributed by atoms with Crippen LogP contribution in [0, 0.1) is 0 Å². The second kappa shape index (κ2) is 7.61. The van der Waals surface area contributed by atoms with Gasteiger partial charge < -0.3 is 14.4 Å². The minimum atomic E-state index is -0.187. The van der Waals surface area contributed by atoms with Gasteiger partial charge in [0, 0.05) is 39.3 Å². The highest BCUT2D eigenvalue weighted by atomic mass is 16.5. The minimum absolute atomic E-state index is 0.178. The van der Waals surface area contributed by atoms with Crippen molar-refractivity contribution in [3.8, 4) is 5.75 Å². The molecule has 0 bridgehead atoms. The topological polar surface area (TPSA) is 42.0 Å². The third kappa shape index (κ3) is 3.99. The maximum atomic E-state index is 12.3. The zero-order valence-electron chi connectivity index (χ0n) is 12.9. The van der Waals surface area contributed by atoms with Crippen molar-refractivity contribution < 1.29 is 14.3 Å². The Morgan fingerprint density at radius 3 is 2.64 bits per heavy atom. The lowest BCUT2D eigenvalue weighted by molar-refractivity contribution is -0.142. The van der Waals surface area contributed by atoms with Crippen molar-refractivity contribution in [2.75, 3.05) is 45.9 Å². The molecule has 0 aliphatic carbocycles. The molecule has 2 saturated heterocycles. The van der Waals surface area contributed by atoms with Gasteiger partial charge in [0.2, 0.25) is 0 Å². The molecule has 1 aromatic carbocycles. The molecule has 120 valence electrons. The van der Waals surface area contributed by atoms with E-state index in [1.165, 1.54) is 0 Å². The molecule has 1 atom stereocenters. The molecular formula is C17H24N2O3. The number of hydrogen-bond acceptors (Lipinski definition) is 4. The van der Waals surface area contributed by atoms with E-state index < -0.39 is 0 Å². The van der Waals surface area contributed by atoms with Gasteiger partial charge in [-0.3, -0.25) is 9.69 Å². The van der Waals surface area contributed by atoms with E-state index in [4.69, 9.17) is 9.47 Å². The van der Waals surface area contributed by atoms with Crippen LogP contribution < -0.4 is 4.74 Å². The first-order chi connectivity index (χ1) is 10.8. The van der Waals surface area contributed by atoms with Crippen molar-refractivity contribution in [3.05, 3.63) is 30.3 Å². The summed E-state index contributed by atoms with van der Waals surface area (Å²) < 4.78 is 11.2. The Balaban J connectivity index is 1.36. The number of amides is 1. The molecular weight excluding hydrogens is 280 g/mol. The molecule has 3 rings (SSSR count). The number of para-hydroxylation sites is 1. The highest BCUT2D eigenvalue weighted by Crippen LogP contribution is 2.16. The Kier molecular flexibility index (Phi) is 5.29. The zero-order valence-corrected chi connectivity index (χ0v) is 12.9. The van der Waals surface area contributed by atoms with Crippen molar-refractivity contribution in [2.24, 2.45) is 0 Å². The van der Waals surface area contributed by atoms with Crippen molar-refractivity contribution in [2.45, 2.75) is 18.9 Å². The average Bonchev–Trinajstić information content (AvgIpc) is 3.10. The summed E-state index contributed by atoms with van der Waals surface area (Å²) in [6.45, 7) is 5.73. The van der Waals surface area contributed by atoms with E-state index in [9.17, 15) is 4.79 Å². The van der Waals surface area contributed by atoms with E-state index >= 15 is 0 Å². The van der Waals surface area contributed by atoms with Crippen LogP contribution in [-0.4, -0.2) is 67.7 Å². The fraction of sp³-hybridized carbons (Fsp3) is 0.588. The van der Waals surface area contributed by atoms with Crippen LogP contribution >= 0.6 is 0 Å². The Morgan fingerprint density at radius 1 is 1.18 bits per heavy atom. The summed E-state index contributed by atoms with van der Waals surface area (Å²) >= 11 is 0. The van der Waals surface area contributed by atoms with Crippen molar-refractivity contribution >= 4 is 5.91 Å². The number of piperazine rings is 1. The molecule has 22 heavy (non-hydrogen) atoms. The van der Waals surface area contributed by atoms with Crippen LogP contribution in [0.1, 0.15) is 12.8 Å². The Bertz CT molecular complexity index is 466. The van der Waals surface area contributed by atoms with Gasteiger partial charge in [-0.15, -0.1) is 0 Å². The summed E-state index contributed by atoms with van der Waals surface area (Å²) in [4.78, 5) is 16.6. The van der Waals surface area contributed by atoms with Crippen LogP contribution in [0.3, 0.4) is 0 Å². The first-order valence-electron chi connectivity index (χ1n) is 8.13. The van der Waals surface area contributed by atoms with Crippen molar-refractivity contribution in [1.82, 2.24) is 9.80 Å². The SMILES string of the molecule is O=C(C1CCCO1)N1CCN(CCOc2ccccc2)CC1. The summed E-state index contributed by atoms with van der Waals surface area (Å²) in [5.74, 6) is 1.09. The number of hydrogen-bond donors (Lipinski definition) is 0. The monoisotopic (exact) mass is 304 g/mol. The van der Waals surface area contributed by atoms with E-state index in [0.29, 0.717) is 6.61 Å². The maximum absolute atomic E-state index is 12.3. The molecule has 0 radical (unpaired) electrons. The van der Waals surface area contributed by atoms with Gasteiger partial charge in [-0.25, -0.2) is 0 Å². The molecule has 5 heteroatoms. The number of nitrogens with zero attached hydrogens (tertiary/aromatic N) is 2. The van der Waals surface area contributed by atoms with E-state index in [2.05, 4.69) is 4.90 Å². The molecule has 0 aromatic heterocycles. The van der Waals surface area contributed by atoms with Gasteiger partial charge in [-0.1, -0.05) is 18.2 Å². The lowest BCUT2D eigenvalue weighted by Crippen LogP contribution is -2.52. The lowest BCUT2D eigenvalue weighted by Gasteiger charge is -2.35. The van der Waals surface area contributed by atoms with E-state index in [0.717, 1.165) is 57.9 Å². The van der Waals surface area contributed by atoms with Crippen molar-refractivity contribution in [1.29, 1.82) is 0 Å². The standard InChI is InChI=1S/C17H24N2O3/c20-17(16-7-4-13-22-16)19-10-8-18(9-11-19)12-14-21-15-5-2-1-3-6-15/h1-3,5-6,16H,4,7-14H2. The predicted octanol–water partition coefficient (Wildman–Crippen LogP) is 1.39. The van der Waals surface area contributed by atoms with Crippen LogP contribution in [-0.2, 0) is 9.53 Å². The van der Waals surface area contributed by atoms with E-state index in [1.807, 2.05) is 35.2 Å². The zero-order chi connectivity index (χ0) is 15.2. The largest absolute Gasteiger partial charge is 0.492 e. The van der Waals surface area contributed by atoms with Gasteiger partial charge in [0.05, 0.1) is 0 Å². The minimum Gasteiger partial charge on any atom is -0.492 e. The molecule has 0 saturated carbocycles. The molecule has 1 aromatic rings. The number of rotatable bonds is 5. The molecule has 0 N–H and O–H groups in total. The number of carbonyl (C=O) groups excluding carboxylic acids is 1. The van der Waals surface area contributed by atoms with Crippen molar-refractivity contribution in [3.63, 3.8) is 0 Å². The third-order valence-corrected chi connectivity index (χ3v) is 4.31. The lowest BCUT2D eigenvalue weighted by atomic mass is 10.2. The summed E-state index contributed by atoms with van der Waals surface area (Å²) in [7, 11) is 0. The average molecular weight is 304 g/mol. The normalized spacial score (nSPS) is 22.7. The van der Waals surface area contributed by atoms with Crippen LogP contribution in [0.4, 0.5) is 0 Å². The van der Waals surface area contributed by atoms with Gasteiger partial charge in [0.15, 0.2) is 0 Å². The molecule has 0 spiro atoms. The molecule has 2 heterocycles. The highest BCUT2D eigenvalue weighted by Gasteiger charge is 2.30. The predicted molar refractivity (Wildman–Crippen MR) is 83.9 cm³/mol. The number of ether oxygens (including phenoxy) is 2.